The molecular weight excluding hydrogens is 212 g/mol. The van der Waals surface area contributed by atoms with Gasteiger partial charge in [0.05, 0.1) is 12.7 Å². The van der Waals surface area contributed by atoms with Gasteiger partial charge in [-0.15, -0.1) is 12.3 Å². The maximum absolute atomic E-state index is 9.66. The van der Waals surface area contributed by atoms with E-state index in [9.17, 15) is 5.11 Å². The summed E-state index contributed by atoms with van der Waals surface area (Å²) in [5.41, 5.74) is 1.18. The molecular formula is C15H20O2. The number of rotatable bonds is 7. The summed E-state index contributed by atoms with van der Waals surface area (Å²) in [6.07, 6.45) is 7.85. The van der Waals surface area contributed by atoms with E-state index in [1.165, 1.54) is 5.56 Å². The van der Waals surface area contributed by atoms with Crippen LogP contribution in [-0.4, -0.2) is 17.8 Å². The second-order valence-corrected chi connectivity index (χ2v) is 4.20. The van der Waals surface area contributed by atoms with Crippen molar-refractivity contribution >= 4 is 0 Å². The van der Waals surface area contributed by atoms with E-state index in [4.69, 9.17) is 11.2 Å². The molecule has 1 N–H and O–H groups in total. The highest BCUT2D eigenvalue weighted by Gasteiger charge is 2.03. The van der Waals surface area contributed by atoms with Crippen LogP contribution in [0.1, 0.15) is 31.2 Å². The lowest BCUT2D eigenvalue weighted by Gasteiger charge is -2.11. The number of terminal acetylenes is 1. The van der Waals surface area contributed by atoms with Gasteiger partial charge in [-0.1, -0.05) is 12.1 Å². The van der Waals surface area contributed by atoms with Crippen LogP contribution in [-0.2, 0) is 0 Å². The first-order valence-electron chi connectivity index (χ1n) is 6.03. The Kier molecular flexibility index (Phi) is 6.21. The van der Waals surface area contributed by atoms with E-state index in [2.05, 4.69) is 5.92 Å². The molecule has 2 heteroatoms. The Bertz CT molecular complexity index is 365. The zero-order valence-electron chi connectivity index (χ0n) is 10.4. The van der Waals surface area contributed by atoms with Gasteiger partial charge in [0, 0.05) is 12.8 Å². The predicted octanol–water partition coefficient (Wildman–Crippen LogP) is 2.93. The summed E-state index contributed by atoms with van der Waals surface area (Å²) in [4.78, 5) is 0. The minimum atomic E-state index is -0.312. The quantitative estimate of drug-likeness (QED) is 0.578. The van der Waals surface area contributed by atoms with Crippen LogP contribution < -0.4 is 4.74 Å². The largest absolute Gasteiger partial charge is 0.493 e. The molecule has 0 aliphatic heterocycles. The fourth-order valence-corrected chi connectivity index (χ4v) is 1.60. The lowest BCUT2D eigenvalue weighted by atomic mass is 10.1. The smallest absolute Gasteiger partial charge is 0.119 e. The Balaban J connectivity index is 2.17. The summed E-state index contributed by atoms with van der Waals surface area (Å²) >= 11 is 0. The first-order valence-corrected chi connectivity index (χ1v) is 6.03. The van der Waals surface area contributed by atoms with Gasteiger partial charge in [-0.25, -0.2) is 0 Å². The fourth-order valence-electron chi connectivity index (χ4n) is 1.60. The summed E-state index contributed by atoms with van der Waals surface area (Å²) in [7, 11) is 0. The van der Waals surface area contributed by atoms with Crippen LogP contribution in [0, 0.1) is 19.3 Å². The van der Waals surface area contributed by atoms with Crippen LogP contribution in [0.3, 0.4) is 0 Å². The van der Waals surface area contributed by atoms with Crippen LogP contribution in [0.5, 0.6) is 5.75 Å². The van der Waals surface area contributed by atoms with Crippen molar-refractivity contribution in [2.75, 3.05) is 6.61 Å². The van der Waals surface area contributed by atoms with Crippen molar-refractivity contribution in [1.82, 2.24) is 0 Å². The molecule has 1 aromatic carbocycles. The van der Waals surface area contributed by atoms with E-state index >= 15 is 0 Å². The number of hydrogen-bond acceptors (Lipinski definition) is 2. The molecule has 1 aromatic rings. The van der Waals surface area contributed by atoms with Gasteiger partial charge in [0.15, 0.2) is 0 Å². The van der Waals surface area contributed by atoms with Crippen molar-refractivity contribution in [1.29, 1.82) is 0 Å². The Morgan fingerprint density at radius 2 is 2.24 bits per heavy atom. The first-order chi connectivity index (χ1) is 8.22. The van der Waals surface area contributed by atoms with Crippen LogP contribution in [0.4, 0.5) is 0 Å². The summed E-state index contributed by atoms with van der Waals surface area (Å²) in [5.74, 6) is 3.43. The van der Waals surface area contributed by atoms with E-state index < -0.39 is 0 Å². The number of ether oxygens (including phenoxy) is 1. The van der Waals surface area contributed by atoms with Crippen LogP contribution in [0.2, 0.25) is 0 Å². The maximum atomic E-state index is 9.66. The van der Waals surface area contributed by atoms with Gasteiger partial charge in [-0.2, -0.15) is 0 Å². The third-order valence-electron chi connectivity index (χ3n) is 2.57. The summed E-state index contributed by atoms with van der Waals surface area (Å²) in [5, 5.41) is 9.66. The van der Waals surface area contributed by atoms with Gasteiger partial charge in [0.25, 0.3) is 0 Å². The Morgan fingerprint density at radius 1 is 1.41 bits per heavy atom. The molecule has 17 heavy (non-hydrogen) atoms. The van der Waals surface area contributed by atoms with E-state index in [0.717, 1.165) is 25.0 Å². The monoisotopic (exact) mass is 232 g/mol. The first kappa shape index (κ1) is 13.6. The maximum Gasteiger partial charge on any atom is 0.119 e. The molecule has 0 radical (unpaired) electrons. The lowest BCUT2D eigenvalue weighted by Crippen LogP contribution is -2.11. The Morgan fingerprint density at radius 3 is 2.94 bits per heavy atom. The van der Waals surface area contributed by atoms with E-state index in [1.54, 1.807) is 0 Å². The minimum absolute atomic E-state index is 0.312. The Labute approximate surface area is 104 Å². The van der Waals surface area contributed by atoms with Crippen molar-refractivity contribution in [3.63, 3.8) is 0 Å². The summed E-state index contributed by atoms with van der Waals surface area (Å²) < 4.78 is 5.56. The summed E-state index contributed by atoms with van der Waals surface area (Å²) in [6.45, 7) is 2.57. The Hall–Kier alpha value is -1.46. The number of aliphatic hydroxyl groups is 1. The molecule has 0 saturated carbocycles. The lowest BCUT2D eigenvalue weighted by molar-refractivity contribution is 0.129. The molecule has 0 aliphatic carbocycles. The molecule has 1 unspecified atom stereocenters. The molecule has 0 heterocycles. The van der Waals surface area contributed by atoms with E-state index in [0.29, 0.717) is 13.0 Å². The molecule has 0 fully saturated rings. The molecule has 0 saturated heterocycles. The molecule has 1 rings (SSSR count). The normalized spacial score (nSPS) is 11.8. The van der Waals surface area contributed by atoms with Gasteiger partial charge in [-0.05, 0) is 37.5 Å². The van der Waals surface area contributed by atoms with Crippen molar-refractivity contribution in [2.45, 2.75) is 38.7 Å². The highest BCUT2D eigenvalue weighted by Crippen LogP contribution is 2.13. The zero-order chi connectivity index (χ0) is 12.5. The topological polar surface area (TPSA) is 29.5 Å². The highest BCUT2D eigenvalue weighted by atomic mass is 16.5. The second-order valence-electron chi connectivity index (χ2n) is 4.20. The van der Waals surface area contributed by atoms with Crippen molar-refractivity contribution < 1.29 is 9.84 Å². The van der Waals surface area contributed by atoms with Gasteiger partial charge in [0.1, 0.15) is 5.75 Å². The van der Waals surface area contributed by atoms with Gasteiger partial charge in [-0.3, -0.25) is 0 Å². The third kappa shape index (κ3) is 5.99. The zero-order valence-corrected chi connectivity index (χ0v) is 10.4. The van der Waals surface area contributed by atoms with Crippen molar-refractivity contribution in [2.24, 2.45) is 0 Å². The number of benzene rings is 1. The fraction of sp³-hybridized carbons (Fsp3) is 0.467. The third-order valence-corrected chi connectivity index (χ3v) is 2.57. The standard InChI is InChI=1S/C15H20O2/c1-3-4-5-8-14(16)10-11-17-15-9-6-7-13(2)12-15/h1,6-7,9,12,14,16H,4-5,8,10-11H2,2H3. The average molecular weight is 232 g/mol. The van der Waals surface area contributed by atoms with Crippen molar-refractivity contribution in [3.05, 3.63) is 29.8 Å². The molecule has 0 amide bonds. The number of hydrogen-bond donors (Lipinski definition) is 1. The van der Waals surface area contributed by atoms with Crippen molar-refractivity contribution in [3.8, 4) is 18.1 Å². The highest BCUT2D eigenvalue weighted by molar-refractivity contribution is 5.27. The van der Waals surface area contributed by atoms with Crippen LogP contribution >= 0.6 is 0 Å². The second kappa shape index (κ2) is 7.76. The molecule has 0 bridgehead atoms. The average Bonchev–Trinajstić information content (AvgIpc) is 2.29. The van der Waals surface area contributed by atoms with Gasteiger partial charge >= 0.3 is 0 Å². The molecule has 92 valence electrons. The minimum Gasteiger partial charge on any atom is -0.493 e. The summed E-state index contributed by atoms with van der Waals surface area (Å²) in [6, 6.07) is 7.91. The molecule has 0 spiro atoms. The van der Waals surface area contributed by atoms with E-state index in [-0.39, 0.29) is 6.10 Å². The van der Waals surface area contributed by atoms with Gasteiger partial charge < -0.3 is 9.84 Å². The van der Waals surface area contributed by atoms with Crippen LogP contribution in [0.25, 0.3) is 0 Å². The SMILES string of the molecule is C#CCCCC(O)CCOc1cccc(C)c1. The number of unbranched alkanes of at least 4 members (excludes halogenated alkanes) is 1. The van der Waals surface area contributed by atoms with E-state index in [1.807, 2.05) is 31.2 Å². The molecule has 0 aliphatic rings. The predicted molar refractivity (Wildman–Crippen MR) is 70.0 cm³/mol. The van der Waals surface area contributed by atoms with Crippen LogP contribution in [0.15, 0.2) is 24.3 Å². The molecule has 2 nitrogen and oxygen atoms in total. The van der Waals surface area contributed by atoms with Gasteiger partial charge in [0.2, 0.25) is 0 Å². The molecule has 0 aromatic heterocycles. The number of aryl methyl sites for hydroxylation is 1. The molecule has 1 atom stereocenters. The number of aliphatic hydroxyl groups excluding tert-OH is 1.